The highest BCUT2D eigenvalue weighted by atomic mass is 16.5. The lowest BCUT2D eigenvalue weighted by atomic mass is 10.2. The molecule has 0 saturated heterocycles. The minimum Gasteiger partial charge on any atom is -0.437 e. The van der Waals surface area contributed by atoms with E-state index in [1.165, 1.54) is 0 Å². The van der Waals surface area contributed by atoms with Crippen molar-refractivity contribution < 1.29 is 4.74 Å². The lowest BCUT2D eigenvalue weighted by Crippen LogP contribution is -2.14. The number of ether oxygens (including phenoxy) is 1. The molecule has 0 spiro atoms. The van der Waals surface area contributed by atoms with E-state index in [4.69, 9.17) is 4.74 Å². The standard InChI is InChI=1S/C17H19N5O/c1-12-5-6-15(9-20-12)23-17-14(4-3-7-19-17)8-18-10-16-13(2)21-11-22-16/h3-7,9,11,18H,8,10H2,1-2H3,(H,21,22). The third-order valence-electron chi connectivity index (χ3n) is 3.49. The molecular weight excluding hydrogens is 290 g/mol. The fourth-order valence-electron chi connectivity index (χ4n) is 2.16. The van der Waals surface area contributed by atoms with E-state index in [2.05, 4.69) is 25.3 Å². The molecule has 0 atom stereocenters. The molecule has 0 aliphatic carbocycles. The van der Waals surface area contributed by atoms with Gasteiger partial charge < -0.3 is 15.0 Å². The number of aromatic nitrogens is 4. The van der Waals surface area contributed by atoms with Gasteiger partial charge in [-0.25, -0.2) is 9.97 Å². The Kier molecular flexibility index (Phi) is 4.63. The first kappa shape index (κ1) is 15.2. The van der Waals surface area contributed by atoms with Crippen LogP contribution in [0.15, 0.2) is 43.0 Å². The van der Waals surface area contributed by atoms with Gasteiger partial charge in [-0.05, 0) is 32.0 Å². The topological polar surface area (TPSA) is 75.7 Å². The predicted molar refractivity (Wildman–Crippen MR) is 87.2 cm³/mol. The summed E-state index contributed by atoms with van der Waals surface area (Å²) in [6.07, 6.45) is 5.13. The molecule has 3 aromatic heterocycles. The summed E-state index contributed by atoms with van der Waals surface area (Å²) in [5.74, 6) is 1.27. The van der Waals surface area contributed by atoms with Gasteiger partial charge in [-0.2, -0.15) is 0 Å². The zero-order valence-electron chi connectivity index (χ0n) is 13.2. The average Bonchev–Trinajstić information content (AvgIpc) is 2.96. The van der Waals surface area contributed by atoms with Crippen molar-refractivity contribution in [2.75, 3.05) is 0 Å². The van der Waals surface area contributed by atoms with Crippen LogP contribution in [-0.4, -0.2) is 19.9 Å². The van der Waals surface area contributed by atoms with E-state index < -0.39 is 0 Å². The first-order valence-corrected chi connectivity index (χ1v) is 7.46. The number of nitrogens with one attached hydrogen (secondary N) is 2. The second-order valence-electron chi connectivity index (χ2n) is 5.28. The molecule has 3 rings (SSSR count). The maximum atomic E-state index is 5.84. The summed E-state index contributed by atoms with van der Waals surface area (Å²) in [5.41, 5.74) is 4.03. The molecule has 3 heterocycles. The summed E-state index contributed by atoms with van der Waals surface area (Å²) >= 11 is 0. The van der Waals surface area contributed by atoms with Gasteiger partial charge in [0.25, 0.3) is 0 Å². The molecule has 118 valence electrons. The number of hydrogen-bond donors (Lipinski definition) is 2. The minimum atomic E-state index is 0.587. The van der Waals surface area contributed by atoms with Gasteiger partial charge >= 0.3 is 0 Å². The minimum absolute atomic E-state index is 0.587. The second kappa shape index (κ2) is 7.02. The third-order valence-corrected chi connectivity index (χ3v) is 3.49. The van der Waals surface area contributed by atoms with Crippen molar-refractivity contribution >= 4 is 0 Å². The van der Waals surface area contributed by atoms with E-state index in [0.717, 1.165) is 22.6 Å². The smallest absolute Gasteiger partial charge is 0.223 e. The van der Waals surface area contributed by atoms with Gasteiger partial charge in [0.05, 0.1) is 18.2 Å². The van der Waals surface area contributed by atoms with Crippen LogP contribution in [0.25, 0.3) is 0 Å². The monoisotopic (exact) mass is 309 g/mol. The fraction of sp³-hybridized carbons (Fsp3) is 0.235. The second-order valence-corrected chi connectivity index (χ2v) is 5.28. The highest BCUT2D eigenvalue weighted by Crippen LogP contribution is 2.22. The summed E-state index contributed by atoms with van der Waals surface area (Å²) in [4.78, 5) is 15.9. The van der Waals surface area contributed by atoms with Crippen molar-refractivity contribution in [2.24, 2.45) is 0 Å². The maximum Gasteiger partial charge on any atom is 0.223 e. The normalized spacial score (nSPS) is 10.7. The van der Waals surface area contributed by atoms with Crippen LogP contribution in [0.3, 0.4) is 0 Å². The van der Waals surface area contributed by atoms with E-state index in [-0.39, 0.29) is 0 Å². The van der Waals surface area contributed by atoms with Gasteiger partial charge in [0.15, 0.2) is 0 Å². The van der Waals surface area contributed by atoms with Crippen molar-refractivity contribution in [1.82, 2.24) is 25.3 Å². The molecule has 0 aromatic carbocycles. The number of H-pyrrole nitrogens is 1. The Labute approximate surface area is 135 Å². The number of imidazole rings is 1. The molecule has 6 nitrogen and oxygen atoms in total. The lowest BCUT2D eigenvalue weighted by Gasteiger charge is -2.10. The Morgan fingerprint density at radius 1 is 1.09 bits per heavy atom. The van der Waals surface area contributed by atoms with Gasteiger partial charge in [0.2, 0.25) is 5.88 Å². The molecule has 0 saturated carbocycles. The van der Waals surface area contributed by atoms with E-state index in [9.17, 15) is 0 Å². The molecule has 0 aliphatic rings. The quantitative estimate of drug-likeness (QED) is 0.732. The molecule has 3 aromatic rings. The first-order valence-electron chi connectivity index (χ1n) is 7.46. The summed E-state index contributed by atoms with van der Waals surface area (Å²) in [7, 11) is 0. The maximum absolute atomic E-state index is 5.84. The first-order chi connectivity index (χ1) is 11.2. The van der Waals surface area contributed by atoms with E-state index in [1.807, 2.05) is 38.1 Å². The van der Waals surface area contributed by atoms with Crippen molar-refractivity contribution in [3.05, 3.63) is 65.6 Å². The molecule has 0 fully saturated rings. The van der Waals surface area contributed by atoms with Crippen molar-refractivity contribution in [1.29, 1.82) is 0 Å². The molecule has 6 heteroatoms. The van der Waals surface area contributed by atoms with E-state index in [1.54, 1.807) is 18.7 Å². The molecule has 2 N–H and O–H groups in total. The van der Waals surface area contributed by atoms with Gasteiger partial charge in [0.1, 0.15) is 5.75 Å². The van der Waals surface area contributed by atoms with Gasteiger partial charge in [0, 0.05) is 36.2 Å². The summed E-state index contributed by atoms with van der Waals surface area (Å²) < 4.78 is 5.84. The van der Waals surface area contributed by atoms with Crippen LogP contribution in [0.2, 0.25) is 0 Å². The van der Waals surface area contributed by atoms with Crippen LogP contribution in [0.5, 0.6) is 11.6 Å². The SMILES string of the molecule is Cc1ccc(Oc2ncccc2CNCc2nc[nH]c2C)cn1. The lowest BCUT2D eigenvalue weighted by molar-refractivity contribution is 0.450. The number of aryl methyl sites for hydroxylation is 2. The molecule has 0 unspecified atom stereocenters. The van der Waals surface area contributed by atoms with Crippen molar-refractivity contribution in [3.8, 4) is 11.6 Å². The van der Waals surface area contributed by atoms with Crippen LogP contribution >= 0.6 is 0 Å². The van der Waals surface area contributed by atoms with Crippen LogP contribution < -0.4 is 10.1 Å². The molecule has 0 amide bonds. The average molecular weight is 309 g/mol. The summed E-state index contributed by atoms with van der Waals surface area (Å²) in [5, 5.41) is 3.36. The van der Waals surface area contributed by atoms with Crippen LogP contribution in [0.1, 0.15) is 22.6 Å². The fourth-order valence-corrected chi connectivity index (χ4v) is 2.16. The Bertz CT molecular complexity index is 767. The zero-order valence-corrected chi connectivity index (χ0v) is 13.2. The highest BCUT2D eigenvalue weighted by molar-refractivity contribution is 5.31. The molecule has 0 bridgehead atoms. The largest absolute Gasteiger partial charge is 0.437 e. The number of nitrogens with zero attached hydrogens (tertiary/aromatic N) is 3. The van der Waals surface area contributed by atoms with Gasteiger partial charge in [-0.15, -0.1) is 0 Å². The van der Waals surface area contributed by atoms with Crippen LogP contribution in [0, 0.1) is 13.8 Å². The van der Waals surface area contributed by atoms with Crippen LogP contribution in [-0.2, 0) is 13.1 Å². The highest BCUT2D eigenvalue weighted by Gasteiger charge is 2.07. The Hall–Kier alpha value is -2.73. The Balaban J connectivity index is 1.65. The Morgan fingerprint density at radius 2 is 2.00 bits per heavy atom. The summed E-state index contributed by atoms with van der Waals surface area (Å²) in [6.45, 7) is 5.29. The van der Waals surface area contributed by atoms with Gasteiger partial charge in [-0.3, -0.25) is 4.98 Å². The van der Waals surface area contributed by atoms with Crippen molar-refractivity contribution in [3.63, 3.8) is 0 Å². The number of hydrogen-bond acceptors (Lipinski definition) is 5. The molecule has 0 radical (unpaired) electrons. The number of rotatable bonds is 6. The van der Waals surface area contributed by atoms with E-state index in [0.29, 0.717) is 24.7 Å². The molecule has 23 heavy (non-hydrogen) atoms. The number of pyridine rings is 2. The zero-order chi connectivity index (χ0) is 16.1. The van der Waals surface area contributed by atoms with Gasteiger partial charge in [-0.1, -0.05) is 6.07 Å². The van der Waals surface area contributed by atoms with E-state index >= 15 is 0 Å². The summed E-state index contributed by atoms with van der Waals surface area (Å²) in [6, 6.07) is 7.70. The number of aromatic amines is 1. The molecule has 0 aliphatic heterocycles. The third kappa shape index (κ3) is 3.92. The Morgan fingerprint density at radius 3 is 2.74 bits per heavy atom. The predicted octanol–water partition coefficient (Wildman–Crippen LogP) is 2.90. The van der Waals surface area contributed by atoms with Crippen molar-refractivity contribution in [2.45, 2.75) is 26.9 Å². The van der Waals surface area contributed by atoms with Crippen LogP contribution in [0.4, 0.5) is 0 Å². The molecular formula is C17H19N5O.